The summed E-state index contributed by atoms with van der Waals surface area (Å²) in [6.45, 7) is 2.19. The van der Waals surface area contributed by atoms with E-state index in [4.69, 9.17) is 16.3 Å². The van der Waals surface area contributed by atoms with Gasteiger partial charge in [-0.3, -0.25) is 0 Å². The topological polar surface area (TPSA) is 38.3 Å². The summed E-state index contributed by atoms with van der Waals surface area (Å²) in [7, 11) is 1.42. The van der Waals surface area contributed by atoms with E-state index >= 15 is 0 Å². The number of benzene rings is 1. The van der Waals surface area contributed by atoms with Crippen LogP contribution < -0.4 is 5.32 Å². The predicted molar refractivity (Wildman–Crippen MR) is 84.3 cm³/mol. The van der Waals surface area contributed by atoms with E-state index in [9.17, 15) is 4.79 Å². The van der Waals surface area contributed by atoms with Gasteiger partial charge in [-0.05, 0) is 24.6 Å². The Hall–Kier alpha value is -1.22. The van der Waals surface area contributed by atoms with E-state index in [1.807, 2.05) is 24.3 Å². The first-order valence-corrected chi connectivity index (χ1v) is 7.65. The third-order valence-electron chi connectivity index (χ3n) is 3.25. The lowest BCUT2D eigenvalue weighted by Gasteiger charge is -2.17. The number of nitrogens with one attached hydrogen (secondary N) is 1. The Balaban J connectivity index is 2.49. The Kier molecular flexibility index (Phi) is 8.12. The zero-order chi connectivity index (χ0) is 14.8. The van der Waals surface area contributed by atoms with E-state index in [0.717, 1.165) is 24.9 Å². The van der Waals surface area contributed by atoms with Gasteiger partial charge in [0.05, 0.1) is 7.11 Å². The number of hydrogen-bond donors (Lipinski definition) is 1. The molecular formula is C16H24ClNO2. The molecule has 3 nitrogen and oxygen atoms in total. The molecule has 1 aromatic rings. The largest absolute Gasteiger partial charge is 0.467 e. The highest BCUT2D eigenvalue weighted by atomic mass is 35.5. The van der Waals surface area contributed by atoms with E-state index in [-0.39, 0.29) is 12.0 Å². The van der Waals surface area contributed by atoms with Gasteiger partial charge in [-0.1, -0.05) is 56.7 Å². The van der Waals surface area contributed by atoms with Crippen LogP contribution in [0.2, 0.25) is 5.02 Å². The molecule has 1 N–H and O–H groups in total. The third kappa shape index (κ3) is 6.29. The summed E-state index contributed by atoms with van der Waals surface area (Å²) in [6, 6.07) is 7.08. The quantitative estimate of drug-likeness (QED) is 0.532. The summed E-state index contributed by atoms with van der Waals surface area (Å²) in [4.78, 5) is 11.8. The van der Waals surface area contributed by atoms with Crippen LogP contribution in [0.5, 0.6) is 0 Å². The van der Waals surface area contributed by atoms with Crippen LogP contribution in [0.4, 0.5) is 5.69 Å². The predicted octanol–water partition coefficient (Wildman–Crippen LogP) is 4.65. The SMILES string of the molecule is CCCCCCCC(Nc1cccc(Cl)c1)C(=O)OC. The highest BCUT2D eigenvalue weighted by Crippen LogP contribution is 2.18. The van der Waals surface area contributed by atoms with Crippen molar-refractivity contribution in [1.29, 1.82) is 0 Å². The van der Waals surface area contributed by atoms with E-state index in [2.05, 4.69) is 12.2 Å². The molecule has 20 heavy (non-hydrogen) atoms. The zero-order valence-electron chi connectivity index (χ0n) is 12.3. The molecule has 1 atom stereocenters. The fourth-order valence-electron chi connectivity index (χ4n) is 2.12. The van der Waals surface area contributed by atoms with E-state index in [1.54, 1.807) is 0 Å². The monoisotopic (exact) mass is 297 g/mol. The van der Waals surface area contributed by atoms with Gasteiger partial charge in [0.2, 0.25) is 0 Å². The van der Waals surface area contributed by atoms with Crippen molar-refractivity contribution >= 4 is 23.3 Å². The van der Waals surface area contributed by atoms with Crippen LogP contribution in [0.25, 0.3) is 0 Å². The van der Waals surface area contributed by atoms with Crippen molar-refractivity contribution in [2.24, 2.45) is 0 Å². The number of carbonyl (C=O) groups is 1. The Morgan fingerprint density at radius 3 is 2.70 bits per heavy atom. The van der Waals surface area contributed by atoms with Crippen LogP contribution in [0.1, 0.15) is 45.4 Å². The summed E-state index contributed by atoms with van der Waals surface area (Å²) in [5.41, 5.74) is 0.849. The normalized spacial score (nSPS) is 11.9. The number of methoxy groups -OCH3 is 1. The number of anilines is 1. The summed E-state index contributed by atoms with van der Waals surface area (Å²) in [5, 5.41) is 3.86. The Morgan fingerprint density at radius 2 is 2.05 bits per heavy atom. The Bertz CT molecular complexity index is 409. The van der Waals surface area contributed by atoms with E-state index < -0.39 is 0 Å². The van der Waals surface area contributed by atoms with Crippen LogP contribution in [0, 0.1) is 0 Å². The molecule has 0 aromatic heterocycles. The molecule has 1 unspecified atom stereocenters. The molecule has 0 radical (unpaired) electrons. The molecule has 0 bridgehead atoms. The molecule has 0 saturated carbocycles. The Labute approximate surface area is 126 Å². The summed E-state index contributed by atoms with van der Waals surface area (Å²) >= 11 is 5.95. The van der Waals surface area contributed by atoms with Gasteiger partial charge >= 0.3 is 5.97 Å². The molecule has 0 fully saturated rings. The van der Waals surface area contributed by atoms with Gasteiger partial charge < -0.3 is 10.1 Å². The van der Waals surface area contributed by atoms with Gasteiger partial charge in [-0.25, -0.2) is 4.79 Å². The van der Waals surface area contributed by atoms with Crippen molar-refractivity contribution in [1.82, 2.24) is 0 Å². The summed E-state index contributed by atoms with van der Waals surface area (Å²) in [6.07, 6.45) is 6.65. The zero-order valence-corrected chi connectivity index (χ0v) is 13.1. The lowest BCUT2D eigenvalue weighted by atomic mass is 10.1. The fraction of sp³-hybridized carbons (Fsp3) is 0.562. The molecule has 0 aliphatic rings. The number of esters is 1. The smallest absolute Gasteiger partial charge is 0.328 e. The maximum absolute atomic E-state index is 11.8. The van der Waals surface area contributed by atoms with E-state index in [1.165, 1.54) is 26.4 Å². The highest BCUT2D eigenvalue weighted by Gasteiger charge is 2.18. The van der Waals surface area contributed by atoms with Crippen molar-refractivity contribution < 1.29 is 9.53 Å². The van der Waals surface area contributed by atoms with Gasteiger partial charge in [0.1, 0.15) is 6.04 Å². The number of carbonyl (C=O) groups excluding carboxylic acids is 1. The molecule has 0 aliphatic heterocycles. The number of ether oxygens (including phenoxy) is 1. The van der Waals surface area contributed by atoms with Gasteiger partial charge in [-0.15, -0.1) is 0 Å². The highest BCUT2D eigenvalue weighted by molar-refractivity contribution is 6.30. The molecule has 0 aliphatic carbocycles. The average molecular weight is 298 g/mol. The Morgan fingerprint density at radius 1 is 1.30 bits per heavy atom. The second-order valence-electron chi connectivity index (χ2n) is 4.93. The molecule has 4 heteroatoms. The van der Waals surface area contributed by atoms with Gasteiger partial charge in [0.15, 0.2) is 0 Å². The molecule has 112 valence electrons. The second kappa shape index (κ2) is 9.65. The van der Waals surface area contributed by atoms with E-state index in [0.29, 0.717) is 5.02 Å². The van der Waals surface area contributed by atoms with Crippen molar-refractivity contribution in [2.75, 3.05) is 12.4 Å². The molecule has 1 rings (SSSR count). The minimum absolute atomic E-state index is 0.222. The minimum Gasteiger partial charge on any atom is -0.467 e. The molecule has 0 heterocycles. The number of unbranched alkanes of at least 4 members (excludes halogenated alkanes) is 4. The third-order valence-corrected chi connectivity index (χ3v) is 3.48. The van der Waals surface area contributed by atoms with Gasteiger partial charge in [-0.2, -0.15) is 0 Å². The standard InChI is InChI=1S/C16H24ClNO2/c1-3-4-5-6-7-11-15(16(19)20-2)18-14-10-8-9-13(17)12-14/h8-10,12,15,18H,3-7,11H2,1-2H3. The van der Waals surface area contributed by atoms with Crippen LogP contribution in [-0.4, -0.2) is 19.1 Å². The van der Waals surface area contributed by atoms with Gasteiger partial charge in [0.25, 0.3) is 0 Å². The first kappa shape index (κ1) is 16.8. The fourth-order valence-corrected chi connectivity index (χ4v) is 2.31. The lowest BCUT2D eigenvalue weighted by molar-refractivity contribution is -0.141. The molecular weight excluding hydrogens is 274 g/mol. The first-order valence-electron chi connectivity index (χ1n) is 7.27. The summed E-state index contributed by atoms with van der Waals surface area (Å²) < 4.78 is 4.86. The van der Waals surface area contributed by atoms with Crippen LogP contribution in [0.15, 0.2) is 24.3 Å². The van der Waals surface area contributed by atoms with Crippen molar-refractivity contribution in [3.8, 4) is 0 Å². The molecule has 0 spiro atoms. The van der Waals surface area contributed by atoms with Crippen LogP contribution >= 0.6 is 11.6 Å². The maximum atomic E-state index is 11.8. The number of hydrogen-bond acceptors (Lipinski definition) is 3. The molecule has 0 amide bonds. The van der Waals surface area contributed by atoms with Crippen molar-refractivity contribution in [3.63, 3.8) is 0 Å². The molecule has 0 saturated heterocycles. The summed E-state index contributed by atoms with van der Waals surface area (Å²) in [5.74, 6) is -0.222. The molecule has 1 aromatic carbocycles. The number of rotatable bonds is 9. The first-order chi connectivity index (χ1) is 9.67. The van der Waals surface area contributed by atoms with Crippen molar-refractivity contribution in [3.05, 3.63) is 29.3 Å². The van der Waals surface area contributed by atoms with Crippen LogP contribution in [-0.2, 0) is 9.53 Å². The average Bonchev–Trinajstić information content (AvgIpc) is 2.45. The maximum Gasteiger partial charge on any atom is 0.328 e. The van der Waals surface area contributed by atoms with Crippen molar-refractivity contribution in [2.45, 2.75) is 51.5 Å². The number of halogens is 1. The minimum atomic E-state index is -0.305. The van der Waals surface area contributed by atoms with Crippen LogP contribution in [0.3, 0.4) is 0 Å². The lowest BCUT2D eigenvalue weighted by Crippen LogP contribution is -2.30. The second-order valence-corrected chi connectivity index (χ2v) is 5.37. The van der Waals surface area contributed by atoms with Gasteiger partial charge in [0, 0.05) is 10.7 Å².